The molecule has 0 spiro atoms. The van der Waals surface area contributed by atoms with Gasteiger partial charge in [-0.05, 0) is 41.8 Å². The van der Waals surface area contributed by atoms with E-state index in [4.69, 9.17) is 31.5 Å². The van der Waals surface area contributed by atoms with Gasteiger partial charge in [-0.3, -0.25) is 15.1 Å². The summed E-state index contributed by atoms with van der Waals surface area (Å²) in [5.41, 5.74) is 13.2. The third-order valence-electron chi connectivity index (χ3n) is 4.74. The number of aliphatic carboxylic acids is 1. The fourth-order valence-corrected chi connectivity index (χ4v) is 3.06. The number of amides is 1. The molecule has 10 nitrogen and oxygen atoms in total. The van der Waals surface area contributed by atoms with Crippen molar-refractivity contribution in [2.75, 3.05) is 18.1 Å². The molecular formula is C21H25N5O5. The van der Waals surface area contributed by atoms with Crippen LogP contribution in [0.15, 0.2) is 48.5 Å². The predicted octanol–water partition coefficient (Wildman–Crippen LogP) is 1.03. The number of rotatable bonds is 9. The molecule has 0 radical (unpaired) electrons. The second-order valence-corrected chi connectivity index (χ2v) is 7.15. The molecule has 1 fully saturated rings. The van der Waals surface area contributed by atoms with E-state index in [1.54, 1.807) is 24.3 Å². The van der Waals surface area contributed by atoms with Gasteiger partial charge < -0.3 is 31.4 Å². The molecule has 2 atom stereocenters. The van der Waals surface area contributed by atoms with Crippen molar-refractivity contribution in [2.45, 2.75) is 25.1 Å². The van der Waals surface area contributed by atoms with Gasteiger partial charge in [0, 0.05) is 12.2 Å². The highest BCUT2D eigenvalue weighted by Crippen LogP contribution is 2.23. The molecule has 1 heterocycles. The van der Waals surface area contributed by atoms with Crippen LogP contribution in [0.5, 0.6) is 5.75 Å². The molecule has 7 N–H and O–H groups in total. The van der Waals surface area contributed by atoms with Gasteiger partial charge in [-0.25, -0.2) is 4.79 Å². The number of benzene rings is 2. The summed E-state index contributed by atoms with van der Waals surface area (Å²) in [4.78, 5) is 24.6. The fraction of sp³-hybridized carbons (Fsp3) is 0.286. The van der Waals surface area contributed by atoms with Gasteiger partial charge in [0.05, 0.1) is 6.54 Å². The average Bonchev–Trinajstić information content (AvgIpc) is 3.12. The number of anilines is 1. The lowest BCUT2D eigenvalue weighted by Crippen LogP contribution is -2.32. The van der Waals surface area contributed by atoms with Crippen molar-refractivity contribution in [2.24, 2.45) is 11.5 Å². The van der Waals surface area contributed by atoms with Crippen molar-refractivity contribution in [1.82, 2.24) is 5.32 Å². The molecule has 0 saturated carbocycles. The lowest BCUT2D eigenvalue weighted by Gasteiger charge is -2.14. The molecule has 1 amide bonds. The Kier molecular flexibility index (Phi) is 6.93. The number of ether oxygens (including phenoxy) is 2. The van der Waals surface area contributed by atoms with Crippen LogP contribution in [0.4, 0.5) is 10.5 Å². The zero-order chi connectivity index (χ0) is 22.4. The van der Waals surface area contributed by atoms with E-state index in [1.807, 2.05) is 24.3 Å². The van der Waals surface area contributed by atoms with Crippen LogP contribution in [0.3, 0.4) is 0 Å². The van der Waals surface area contributed by atoms with Crippen molar-refractivity contribution in [3.63, 3.8) is 0 Å². The number of carbonyl (C=O) groups is 2. The van der Waals surface area contributed by atoms with Crippen LogP contribution in [0.2, 0.25) is 0 Å². The Balaban J connectivity index is 1.50. The smallest absolute Gasteiger partial charge is 0.414 e. The Labute approximate surface area is 179 Å². The van der Waals surface area contributed by atoms with Gasteiger partial charge >= 0.3 is 12.1 Å². The summed E-state index contributed by atoms with van der Waals surface area (Å²) < 4.78 is 11.1. The van der Waals surface area contributed by atoms with E-state index >= 15 is 0 Å². The molecule has 31 heavy (non-hydrogen) atoms. The second-order valence-electron chi connectivity index (χ2n) is 7.15. The van der Waals surface area contributed by atoms with E-state index in [9.17, 15) is 9.59 Å². The Morgan fingerprint density at radius 1 is 1.23 bits per heavy atom. The summed E-state index contributed by atoms with van der Waals surface area (Å²) >= 11 is 0. The van der Waals surface area contributed by atoms with Gasteiger partial charge in [-0.2, -0.15) is 0 Å². The molecule has 2 unspecified atom stereocenters. The van der Waals surface area contributed by atoms with E-state index in [1.165, 1.54) is 4.90 Å². The SMILES string of the molecule is N=C(N)NCc1ccc(N2CC(COc3ccc(CC(N)C(=O)O)cc3)OC2=O)cc1. The summed E-state index contributed by atoms with van der Waals surface area (Å²) in [6, 6.07) is 13.3. The van der Waals surface area contributed by atoms with Crippen molar-refractivity contribution < 1.29 is 24.2 Å². The summed E-state index contributed by atoms with van der Waals surface area (Å²) in [6.45, 7) is 0.976. The van der Waals surface area contributed by atoms with Crippen LogP contribution in [-0.4, -0.2) is 48.4 Å². The molecule has 3 rings (SSSR count). The molecule has 1 aliphatic rings. The van der Waals surface area contributed by atoms with E-state index in [0.717, 1.165) is 11.1 Å². The number of hydrogen-bond donors (Lipinski definition) is 5. The molecule has 10 heteroatoms. The third kappa shape index (κ3) is 6.09. The van der Waals surface area contributed by atoms with Gasteiger partial charge in [-0.15, -0.1) is 0 Å². The molecule has 2 aromatic rings. The highest BCUT2D eigenvalue weighted by Gasteiger charge is 2.32. The fourth-order valence-electron chi connectivity index (χ4n) is 3.06. The lowest BCUT2D eigenvalue weighted by molar-refractivity contribution is -0.138. The number of nitrogens with two attached hydrogens (primary N) is 2. The highest BCUT2D eigenvalue weighted by atomic mass is 16.6. The van der Waals surface area contributed by atoms with E-state index in [0.29, 0.717) is 24.5 Å². The minimum absolute atomic E-state index is 0.103. The minimum atomic E-state index is -1.05. The first kappa shape index (κ1) is 21.9. The summed E-state index contributed by atoms with van der Waals surface area (Å²) in [6.07, 6.45) is -0.637. The van der Waals surface area contributed by atoms with Crippen LogP contribution in [0, 0.1) is 5.41 Å². The standard InChI is InChI=1S/C21H25N5O5/c22-18(19(27)28)9-13-3-7-16(8-4-13)30-12-17-11-26(21(29)31-17)15-5-1-14(2-6-15)10-25-20(23)24/h1-8,17-18H,9-12,22H2,(H,27,28)(H4,23,24,25). The first-order chi connectivity index (χ1) is 14.8. The normalized spacial score (nSPS) is 16.5. The number of cyclic esters (lactones) is 1. The van der Waals surface area contributed by atoms with Gasteiger partial charge in [0.25, 0.3) is 0 Å². The van der Waals surface area contributed by atoms with E-state index in [-0.39, 0.29) is 19.0 Å². The molecule has 0 aromatic heterocycles. The number of hydrogen-bond acceptors (Lipinski definition) is 6. The van der Waals surface area contributed by atoms with Gasteiger partial charge in [-0.1, -0.05) is 24.3 Å². The number of guanidine groups is 1. The third-order valence-corrected chi connectivity index (χ3v) is 4.74. The molecular weight excluding hydrogens is 402 g/mol. The van der Waals surface area contributed by atoms with Crippen LogP contribution in [0.25, 0.3) is 0 Å². The first-order valence-corrected chi connectivity index (χ1v) is 9.67. The van der Waals surface area contributed by atoms with E-state index in [2.05, 4.69) is 5.32 Å². The summed E-state index contributed by atoms with van der Waals surface area (Å²) in [7, 11) is 0. The molecule has 1 saturated heterocycles. The number of nitrogens with zero attached hydrogens (tertiary/aromatic N) is 1. The molecule has 2 aromatic carbocycles. The topological polar surface area (TPSA) is 164 Å². The molecule has 1 aliphatic heterocycles. The number of carboxylic acids is 1. The van der Waals surface area contributed by atoms with Crippen molar-refractivity contribution >= 4 is 23.7 Å². The maximum Gasteiger partial charge on any atom is 0.414 e. The number of nitrogens with one attached hydrogen (secondary N) is 2. The maximum absolute atomic E-state index is 12.2. The average molecular weight is 427 g/mol. The number of carboxylic acid groups (broad SMARTS) is 1. The maximum atomic E-state index is 12.2. The first-order valence-electron chi connectivity index (χ1n) is 9.67. The zero-order valence-corrected chi connectivity index (χ0v) is 16.8. The van der Waals surface area contributed by atoms with Crippen molar-refractivity contribution in [1.29, 1.82) is 5.41 Å². The zero-order valence-electron chi connectivity index (χ0n) is 16.8. The van der Waals surface area contributed by atoms with Gasteiger partial charge in [0.15, 0.2) is 12.1 Å². The number of carbonyl (C=O) groups excluding carboxylic acids is 1. The summed E-state index contributed by atoms with van der Waals surface area (Å²) in [5, 5.41) is 18.8. The Hall–Kier alpha value is -3.79. The van der Waals surface area contributed by atoms with Crippen LogP contribution in [0.1, 0.15) is 11.1 Å². The molecule has 0 aliphatic carbocycles. The van der Waals surface area contributed by atoms with Crippen LogP contribution >= 0.6 is 0 Å². The van der Waals surface area contributed by atoms with E-state index < -0.39 is 24.2 Å². The summed E-state index contributed by atoms with van der Waals surface area (Å²) in [5.74, 6) is -0.562. The van der Waals surface area contributed by atoms with Crippen LogP contribution in [-0.2, 0) is 22.5 Å². The molecule has 164 valence electrons. The van der Waals surface area contributed by atoms with Crippen molar-refractivity contribution in [3.8, 4) is 5.75 Å². The largest absolute Gasteiger partial charge is 0.490 e. The monoisotopic (exact) mass is 427 g/mol. The van der Waals surface area contributed by atoms with Crippen molar-refractivity contribution in [3.05, 3.63) is 59.7 Å². The Morgan fingerprint density at radius 3 is 2.48 bits per heavy atom. The van der Waals surface area contributed by atoms with Gasteiger partial charge in [0.1, 0.15) is 18.4 Å². The van der Waals surface area contributed by atoms with Gasteiger partial charge in [0.2, 0.25) is 0 Å². The molecule has 0 bridgehead atoms. The predicted molar refractivity (Wildman–Crippen MR) is 114 cm³/mol. The highest BCUT2D eigenvalue weighted by molar-refractivity contribution is 5.89. The Bertz CT molecular complexity index is 932. The van der Waals surface area contributed by atoms with Crippen LogP contribution < -0.4 is 26.4 Å². The lowest BCUT2D eigenvalue weighted by atomic mass is 10.1. The minimum Gasteiger partial charge on any atom is -0.490 e. The quantitative estimate of drug-likeness (QED) is 0.292. The second kappa shape index (κ2) is 9.81. The Morgan fingerprint density at radius 2 is 1.87 bits per heavy atom.